The molecule has 2 aromatic carbocycles. The molecule has 0 fully saturated rings. The number of halogens is 1. The van der Waals surface area contributed by atoms with E-state index in [9.17, 15) is 19.1 Å². The molecule has 36 heavy (non-hydrogen) atoms. The number of aromatic nitrogens is 2. The first-order chi connectivity index (χ1) is 17.2. The number of anilines is 1. The van der Waals surface area contributed by atoms with Crippen LogP contribution in [0.4, 0.5) is 10.1 Å². The predicted molar refractivity (Wildman–Crippen MR) is 132 cm³/mol. The van der Waals surface area contributed by atoms with Crippen molar-refractivity contribution in [1.29, 1.82) is 0 Å². The lowest BCUT2D eigenvalue weighted by molar-refractivity contribution is 0.0697. The average molecular weight is 496 g/mol. The molecule has 2 aromatic heterocycles. The lowest BCUT2D eigenvalue weighted by atomic mass is 10.00. The van der Waals surface area contributed by atoms with Gasteiger partial charge in [-0.3, -0.25) is 0 Å². The standard InChI is InChI=1S/C16H13FN2O3.C10H13NO3/c1-2-10-6-9(8-20)7-12-13(10)16(21)22-15(19-12)11-4-3-5-18-14(11)17;1-2-7-3-6(5-12)4-8(11)9(7)10(13)14/h3-7,20H,2,8H2,1H3;3-4,12H,2,5,11H2,1H3,(H,13,14). The van der Waals surface area contributed by atoms with Gasteiger partial charge in [-0.2, -0.15) is 4.39 Å². The molecule has 188 valence electrons. The van der Waals surface area contributed by atoms with Crippen molar-refractivity contribution in [2.24, 2.45) is 0 Å². The molecule has 0 radical (unpaired) electrons. The third-order valence-corrected chi connectivity index (χ3v) is 5.52. The lowest BCUT2D eigenvalue weighted by Gasteiger charge is -2.09. The van der Waals surface area contributed by atoms with Crippen LogP contribution in [0.1, 0.15) is 46.5 Å². The molecule has 9 nitrogen and oxygen atoms in total. The van der Waals surface area contributed by atoms with Crippen LogP contribution in [0.5, 0.6) is 0 Å². The Morgan fingerprint density at radius 2 is 1.69 bits per heavy atom. The van der Waals surface area contributed by atoms with E-state index in [-0.39, 0.29) is 35.9 Å². The Morgan fingerprint density at radius 1 is 1.06 bits per heavy atom. The molecule has 0 spiro atoms. The minimum atomic E-state index is -1.02. The number of carboxylic acid groups (broad SMARTS) is 1. The first kappa shape index (κ1) is 26.5. The number of hydrogen-bond acceptors (Lipinski definition) is 8. The largest absolute Gasteiger partial charge is 0.478 e. The Labute approximate surface area is 205 Å². The maximum atomic E-state index is 13.7. The number of benzene rings is 2. The highest BCUT2D eigenvalue weighted by Gasteiger charge is 2.16. The van der Waals surface area contributed by atoms with Crippen LogP contribution in [-0.4, -0.2) is 31.3 Å². The van der Waals surface area contributed by atoms with Crippen LogP contribution < -0.4 is 11.4 Å². The van der Waals surface area contributed by atoms with Crippen molar-refractivity contribution in [3.8, 4) is 11.5 Å². The number of nitrogens with zero attached hydrogens (tertiary/aromatic N) is 2. The van der Waals surface area contributed by atoms with E-state index >= 15 is 0 Å². The summed E-state index contributed by atoms with van der Waals surface area (Å²) >= 11 is 0. The van der Waals surface area contributed by atoms with Gasteiger partial charge in [-0.25, -0.2) is 19.6 Å². The Morgan fingerprint density at radius 3 is 2.28 bits per heavy atom. The number of nitrogens with two attached hydrogens (primary N) is 1. The van der Waals surface area contributed by atoms with Crippen LogP contribution in [-0.2, 0) is 26.1 Å². The van der Waals surface area contributed by atoms with Gasteiger partial charge in [0.25, 0.3) is 0 Å². The van der Waals surface area contributed by atoms with Crippen molar-refractivity contribution in [2.75, 3.05) is 5.73 Å². The molecule has 4 aromatic rings. The molecular weight excluding hydrogens is 469 g/mol. The quantitative estimate of drug-likeness (QED) is 0.232. The molecule has 4 rings (SSSR count). The van der Waals surface area contributed by atoms with Crippen molar-refractivity contribution in [2.45, 2.75) is 39.9 Å². The lowest BCUT2D eigenvalue weighted by Crippen LogP contribution is -2.07. The normalized spacial score (nSPS) is 10.7. The summed E-state index contributed by atoms with van der Waals surface area (Å²) in [6, 6.07) is 9.47. The second-order valence-electron chi connectivity index (χ2n) is 7.84. The number of pyridine rings is 1. The summed E-state index contributed by atoms with van der Waals surface area (Å²) in [4.78, 5) is 30.9. The van der Waals surface area contributed by atoms with E-state index in [1.165, 1.54) is 24.4 Å². The smallest absolute Gasteiger partial charge is 0.347 e. The highest BCUT2D eigenvalue weighted by atomic mass is 19.1. The maximum Gasteiger partial charge on any atom is 0.347 e. The van der Waals surface area contributed by atoms with E-state index in [0.717, 1.165) is 5.56 Å². The van der Waals surface area contributed by atoms with E-state index in [0.29, 0.717) is 40.4 Å². The third-order valence-electron chi connectivity index (χ3n) is 5.52. The van der Waals surface area contributed by atoms with E-state index in [1.807, 2.05) is 13.8 Å². The van der Waals surface area contributed by atoms with Crippen molar-refractivity contribution in [3.05, 3.63) is 86.8 Å². The first-order valence-electron chi connectivity index (χ1n) is 11.2. The maximum absolute atomic E-state index is 13.7. The Hall–Kier alpha value is -4.15. The Kier molecular flexibility index (Phi) is 8.46. The minimum Gasteiger partial charge on any atom is -0.478 e. The van der Waals surface area contributed by atoms with Crippen molar-refractivity contribution < 1.29 is 28.9 Å². The van der Waals surface area contributed by atoms with Gasteiger partial charge >= 0.3 is 11.6 Å². The van der Waals surface area contributed by atoms with Gasteiger partial charge in [-0.05, 0) is 59.4 Å². The molecule has 0 bridgehead atoms. The SMILES string of the molecule is CCc1cc(CO)cc(N)c1C(=O)O.CCc1cc(CO)cc2nc(-c3cccnc3F)oc(=O)c12. The number of carbonyl (C=O) groups is 1. The third kappa shape index (κ3) is 5.56. The molecule has 5 N–H and O–H groups in total. The number of nitrogen functional groups attached to an aromatic ring is 1. The second-order valence-corrected chi connectivity index (χ2v) is 7.84. The monoisotopic (exact) mass is 495 g/mol. The fourth-order valence-electron chi connectivity index (χ4n) is 3.80. The van der Waals surface area contributed by atoms with Crippen LogP contribution in [0.2, 0.25) is 0 Å². The van der Waals surface area contributed by atoms with Crippen molar-refractivity contribution >= 4 is 22.6 Å². The zero-order chi connectivity index (χ0) is 26.4. The highest BCUT2D eigenvalue weighted by Crippen LogP contribution is 2.23. The zero-order valence-electron chi connectivity index (χ0n) is 19.8. The second kappa shape index (κ2) is 11.5. The number of hydrogen-bond donors (Lipinski definition) is 4. The Bertz CT molecular complexity index is 1470. The molecule has 0 saturated heterocycles. The fourth-order valence-corrected chi connectivity index (χ4v) is 3.80. The predicted octanol–water partition coefficient (Wildman–Crippen LogP) is 3.47. The molecule has 0 aliphatic heterocycles. The molecule has 10 heteroatoms. The van der Waals surface area contributed by atoms with Gasteiger partial charge in [0.1, 0.15) is 0 Å². The van der Waals surface area contributed by atoms with Gasteiger partial charge in [-0.15, -0.1) is 0 Å². The molecule has 0 amide bonds. The highest BCUT2D eigenvalue weighted by molar-refractivity contribution is 5.95. The molecule has 0 saturated carbocycles. The number of aliphatic hydroxyl groups is 2. The van der Waals surface area contributed by atoms with Crippen LogP contribution >= 0.6 is 0 Å². The summed E-state index contributed by atoms with van der Waals surface area (Å²) in [5.41, 5.74) is 8.42. The topological polar surface area (TPSA) is 160 Å². The molecular formula is C26H26FN3O6. The average Bonchev–Trinajstić information content (AvgIpc) is 2.87. The van der Waals surface area contributed by atoms with E-state index in [1.54, 1.807) is 18.2 Å². The van der Waals surface area contributed by atoms with E-state index in [2.05, 4.69) is 9.97 Å². The van der Waals surface area contributed by atoms with E-state index < -0.39 is 17.5 Å². The zero-order valence-corrected chi connectivity index (χ0v) is 19.8. The summed E-state index contributed by atoms with van der Waals surface area (Å²) in [5.74, 6) is -1.91. The van der Waals surface area contributed by atoms with Gasteiger partial charge in [0.05, 0.1) is 35.2 Å². The summed E-state index contributed by atoms with van der Waals surface area (Å²) in [6.45, 7) is 3.45. The van der Waals surface area contributed by atoms with Crippen molar-refractivity contribution in [1.82, 2.24) is 9.97 Å². The molecule has 0 atom stereocenters. The van der Waals surface area contributed by atoms with Crippen molar-refractivity contribution in [3.63, 3.8) is 0 Å². The fraction of sp³-hybridized carbons (Fsp3) is 0.231. The first-order valence-corrected chi connectivity index (χ1v) is 11.2. The Balaban J connectivity index is 0.000000223. The number of carboxylic acids is 1. The minimum absolute atomic E-state index is 0.0222. The van der Waals surface area contributed by atoms with Gasteiger partial charge in [0.15, 0.2) is 0 Å². The number of aryl methyl sites for hydroxylation is 2. The number of aliphatic hydroxyl groups excluding tert-OH is 2. The molecule has 0 aliphatic carbocycles. The number of fused-ring (bicyclic) bond motifs is 1. The summed E-state index contributed by atoms with van der Waals surface area (Å²) in [6.07, 6.45) is 2.48. The summed E-state index contributed by atoms with van der Waals surface area (Å²) < 4.78 is 18.9. The van der Waals surface area contributed by atoms with Gasteiger partial charge in [0.2, 0.25) is 11.8 Å². The van der Waals surface area contributed by atoms with Crippen LogP contribution in [0.3, 0.4) is 0 Å². The summed E-state index contributed by atoms with van der Waals surface area (Å²) in [7, 11) is 0. The van der Waals surface area contributed by atoms with Crippen LogP contribution in [0, 0.1) is 5.95 Å². The van der Waals surface area contributed by atoms with Gasteiger partial charge in [0, 0.05) is 11.9 Å². The number of aromatic carboxylic acids is 1. The number of rotatable bonds is 6. The molecule has 2 heterocycles. The van der Waals surface area contributed by atoms with Crippen LogP contribution in [0.25, 0.3) is 22.4 Å². The molecule has 0 aliphatic rings. The van der Waals surface area contributed by atoms with Gasteiger partial charge < -0.3 is 25.5 Å². The molecule has 0 unspecified atom stereocenters. The van der Waals surface area contributed by atoms with Crippen LogP contribution in [0.15, 0.2) is 51.8 Å². The van der Waals surface area contributed by atoms with E-state index in [4.69, 9.17) is 20.4 Å². The summed E-state index contributed by atoms with van der Waals surface area (Å²) in [5, 5.41) is 27.5. The van der Waals surface area contributed by atoms with Gasteiger partial charge in [-0.1, -0.05) is 26.0 Å².